The average molecular weight is 314 g/mol. The van der Waals surface area contributed by atoms with Crippen LogP contribution in [0.3, 0.4) is 0 Å². The van der Waals surface area contributed by atoms with Crippen LogP contribution in [-0.2, 0) is 0 Å². The molecule has 5 N–H and O–H groups in total. The van der Waals surface area contributed by atoms with Crippen LogP contribution in [0.1, 0.15) is 17.3 Å². The molecule has 2 aromatic heterocycles. The lowest BCUT2D eigenvalue weighted by molar-refractivity contribution is 0.0956. The molecule has 0 aliphatic rings. The van der Waals surface area contributed by atoms with Crippen molar-refractivity contribution in [3.8, 4) is 11.1 Å². The number of hydrogen-bond donors (Lipinski definition) is 3. The number of nitrogens with zero attached hydrogens (tertiary/aromatic N) is 3. The fourth-order valence-corrected chi connectivity index (χ4v) is 2.44. The number of fused-ring (bicyclic) bond motifs is 1. The molecule has 0 aliphatic carbocycles. The van der Waals surface area contributed by atoms with Crippen molar-refractivity contribution in [1.82, 2.24) is 19.9 Å². The molecule has 7 nitrogen and oxygen atoms in total. The van der Waals surface area contributed by atoms with Gasteiger partial charge in [-0.25, -0.2) is 13.9 Å². The van der Waals surface area contributed by atoms with Crippen molar-refractivity contribution in [3.05, 3.63) is 42.1 Å². The van der Waals surface area contributed by atoms with Crippen molar-refractivity contribution < 1.29 is 9.18 Å². The van der Waals surface area contributed by atoms with Crippen LogP contribution in [-0.4, -0.2) is 27.0 Å². The van der Waals surface area contributed by atoms with Gasteiger partial charge in [0.2, 0.25) is 0 Å². The molecule has 0 saturated carbocycles. The zero-order chi connectivity index (χ0) is 16.6. The highest BCUT2D eigenvalue weighted by Crippen LogP contribution is 2.33. The molecule has 0 radical (unpaired) electrons. The summed E-state index contributed by atoms with van der Waals surface area (Å²) in [6, 6.07) is 4.33. The highest BCUT2D eigenvalue weighted by molar-refractivity contribution is 6.07. The van der Waals surface area contributed by atoms with E-state index in [1.54, 1.807) is 12.3 Å². The predicted octanol–water partition coefficient (Wildman–Crippen LogP) is 1.45. The standard InChI is InChI=1S/C15H15FN6O/c1-2-19-15(23)9-6-22-13(14(18)20-7-21-22)12(9)8-3-4-11(17)10(16)5-8/h3-7H,2,17H2,1H3,(H,19,23)(H2,18,20,21). The number of amides is 1. The highest BCUT2D eigenvalue weighted by atomic mass is 19.1. The Morgan fingerprint density at radius 2 is 2.17 bits per heavy atom. The Labute approximate surface area is 131 Å². The first-order valence-electron chi connectivity index (χ1n) is 6.98. The largest absolute Gasteiger partial charge is 0.396 e. The summed E-state index contributed by atoms with van der Waals surface area (Å²) in [5.41, 5.74) is 13.2. The average Bonchev–Trinajstić information content (AvgIpc) is 2.91. The molecular formula is C15H15FN6O. The first kappa shape index (κ1) is 14.8. The summed E-state index contributed by atoms with van der Waals surface area (Å²) in [6.07, 6.45) is 2.83. The molecule has 0 spiro atoms. The van der Waals surface area contributed by atoms with Gasteiger partial charge in [0.05, 0.1) is 11.3 Å². The molecule has 0 atom stereocenters. The number of nitrogens with one attached hydrogen (secondary N) is 1. The third-order valence-electron chi connectivity index (χ3n) is 3.47. The summed E-state index contributed by atoms with van der Waals surface area (Å²) in [4.78, 5) is 16.3. The first-order valence-corrected chi connectivity index (χ1v) is 6.98. The van der Waals surface area contributed by atoms with Gasteiger partial charge in [0.1, 0.15) is 17.7 Å². The third kappa shape index (κ3) is 2.44. The van der Waals surface area contributed by atoms with Crippen molar-refractivity contribution >= 4 is 22.9 Å². The van der Waals surface area contributed by atoms with Gasteiger partial charge in [0.25, 0.3) is 5.91 Å². The minimum absolute atomic E-state index is 0.0287. The van der Waals surface area contributed by atoms with Crippen molar-refractivity contribution in [2.45, 2.75) is 6.92 Å². The molecule has 1 amide bonds. The first-order chi connectivity index (χ1) is 11.0. The van der Waals surface area contributed by atoms with E-state index in [-0.39, 0.29) is 17.4 Å². The topological polar surface area (TPSA) is 111 Å². The number of nitrogens with two attached hydrogens (primary N) is 2. The number of rotatable bonds is 3. The van der Waals surface area contributed by atoms with E-state index in [0.29, 0.717) is 28.8 Å². The smallest absolute Gasteiger partial charge is 0.253 e. The molecule has 3 aromatic rings. The van der Waals surface area contributed by atoms with Crippen LogP contribution < -0.4 is 16.8 Å². The number of benzene rings is 1. The second kappa shape index (κ2) is 5.56. The van der Waals surface area contributed by atoms with Crippen molar-refractivity contribution in [1.29, 1.82) is 0 Å². The van der Waals surface area contributed by atoms with Gasteiger partial charge in [-0.3, -0.25) is 4.79 Å². The minimum atomic E-state index is -0.570. The highest BCUT2D eigenvalue weighted by Gasteiger charge is 2.21. The Bertz CT molecular complexity index is 904. The van der Waals surface area contributed by atoms with Gasteiger partial charge in [-0.15, -0.1) is 0 Å². The normalized spacial score (nSPS) is 10.9. The van der Waals surface area contributed by atoms with Gasteiger partial charge in [-0.05, 0) is 24.6 Å². The number of carbonyl (C=O) groups excluding carboxylic acids is 1. The van der Waals surface area contributed by atoms with E-state index < -0.39 is 5.82 Å². The minimum Gasteiger partial charge on any atom is -0.396 e. The molecule has 8 heteroatoms. The lowest BCUT2D eigenvalue weighted by Crippen LogP contribution is -2.22. The summed E-state index contributed by atoms with van der Waals surface area (Å²) in [5, 5.41) is 6.78. The number of nitrogen functional groups attached to an aromatic ring is 2. The Balaban J connectivity index is 2.33. The number of hydrogen-bond acceptors (Lipinski definition) is 5. The molecule has 0 unspecified atom stereocenters. The zero-order valence-electron chi connectivity index (χ0n) is 12.4. The van der Waals surface area contributed by atoms with Crippen LogP contribution in [0.25, 0.3) is 16.6 Å². The zero-order valence-corrected chi connectivity index (χ0v) is 12.4. The van der Waals surface area contributed by atoms with E-state index in [0.717, 1.165) is 0 Å². The maximum absolute atomic E-state index is 13.9. The van der Waals surface area contributed by atoms with Crippen LogP contribution in [0, 0.1) is 5.82 Å². The number of anilines is 2. The Kier molecular flexibility index (Phi) is 3.57. The molecular weight excluding hydrogens is 299 g/mol. The maximum atomic E-state index is 13.9. The number of carbonyl (C=O) groups is 1. The molecule has 3 rings (SSSR count). The quantitative estimate of drug-likeness (QED) is 0.634. The fraction of sp³-hybridized carbons (Fsp3) is 0.133. The second-order valence-electron chi connectivity index (χ2n) is 4.95. The van der Waals surface area contributed by atoms with Gasteiger partial charge < -0.3 is 16.8 Å². The summed E-state index contributed by atoms with van der Waals surface area (Å²) >= 11 is 0. The molecule has 0 fully saturated rings. The van der Waals surface area contributed by atoms with E-state index in [9.17, 15) is 9.18 Å². The monoisotopic (exact) mass is 314 g/mol. The van der Waals surface area contributed by atoms with Crippen molar-refractivity contribution in [2.24, 2.45) is 0 Å². The Morgan fingerprint density at radius 1 is 1.39 bits per heavy atom. The molecule has 2 heterocycles. The SMILES string of the molecule is CCNC(=O)c1cn2ncnc(N)c2c1-c1ccc(N)c(F)c1. The third-order valence-corrected chi connectivity index (χ3v) is 3.47. The molecule has 0 saturated heterocycles. The summed E-state index contributed by atoms with van der Waals surface area (Å²) in [5.74, 6) is -0.675. The molecule has 1 aromatic carbocycles. The van der Waals surface area contributed by atoms with E-state index in [2.05, 4.69) is 15.4 Å². The van der Waals surface area contributed by atoms with Crippen LogP contribution in [0.4, 0.5) is 15.9 Å². The second-order valence-corrected chi connectivity index (χ2v) is 4.95. The van der Waals surface area contributed by atoms with Crippen LogP contribution in [0.2, 0.25) is 0 Å². The summed E-state index contributed by atoms with van der Waals surface area (Å²) in [7, 11) is 0. The fourth-order valence-electron chi connectivity index (χ4n) is 2.44. The Hall–Kier alpha value is -3.16. The van der Waals surface area contributed by atoms with E-state index in [1.807, 2.05) is 6.92 Å². The van der Waals surface area contributed by atoms with Crippen molar-refractivity contribution in [2.75, 3.05) is 18.0 Å². The lowest BCUT2D eigenvalue weighted by Gasteiger charge is -2.07. The van der Waals surface area contributed by atoms with Gasteiger partial charge in [-0.2, -0.15) is 5.10 Å². The number of halogens is 1. The lowest BCUT2D eigenvalue weighted by atomic mass is 10.0. The maximum Gasteiger partial charge on any atom is 0.253 e. The van der Waals surface area contributed by atoms with E-state index in [1.165, 1.54) is 23.0 Å². The van der Waals surface area contributed by atoms with Gasteiger partial charge in [0, 0.05) is 18.3 Å². The van der Waals surface area contributed by atoms with E-state index in [4.69, 9.17) is 11.5 Å². The van der Waals surface area contributed by atoms with E-state index >= 15 is 0 Å². The molecule has 0 bridgehead atoms. The Morgan fingerprint density at radius 3 is 2.87 bits per heavy atom. The number of aromatic nitrogens is 3. The van der Waals surface area contributed by atoms with Crippen LogP contribution in [0.15, 0.2) is 30.7 Å². The predicted molar refractivity (Wildman–Crippen MR) is 85.2 cm³/mol. The summed E-state index contributed by atoms with van der Waals surface area (Å²) < 4.78 is 15.3. The van der Waals surface area contributed by atoms with Gasteiger partial charge in [0.15, 0.2) is 5.82 Å². The molecule has 0 aliphatic heterocycles. The van der Waals surface area contributed by atoms with Gasteiger partial charge in [-0.1, -0.05) is 6.07 Å². The van der Waals surface area contributed by atoms with Crippen LogP contribution >= 0.6 is 0 Å². The summed E-state index contributed by atoms with van der Waals surface area (Å²) in [6.45, 7) is 2.27. The van der Waals surface area contributed by atoms with Crippen LogP contribution in [0.5, 0.6) is 0 Å². The van der Waals surface area contributed by atoms with Gasteiger partial charge >= 0.3 is 0 Å². The molecule has 23 heavy (non-hydrogen) atoms. The van der Waals surface area contributed by atoms with Crippen molar-refractivity contribution in [3.63, 3.8) is 0 Å². The molecule has 118 valence electrons.